The van der Waals surface area contributed by atoms with Crippen molar-refractivity contribution in [2.24, 2.45) is 0 Å². The van der Waals surface area contributed by atoms with E-state index >= 15 is 0 Å². The molecule has 7 nitrogen and oxygen atoms in total. The second kappa shape index (κ2) is 9.94. The van der Waals surface area contributed by atoms with E-state index in [2.05, 4.69) is 10.2 Å². The lowest BCUT2D eigenvalue weighted by molar-refractivity contribution is 0.0952. The maximum absolute atomic E-state index is 13.3. The number of hydrogen-bond donors (Lipinski definition) is 1. The minimum absolute atomic E-state index is 0.0757. The van der Waals surface area contributed by atoms with E-state index < -0.39 is 10.0 Å². The summed E-state index contributed by atoms with van der Waals surface area (Å²) in [5.74, 6) is 0.409. The van der Waals surface area contributed by atoms with E-state index in [9.17, 15) is 13.2 Å². The Morgan fingerprint density at radius 3 is 2.30 bits per heavy atom. The van der Waals surface area contributed by atoms with Gasteiger partial charge in [-0.3, -0.25) is 4.79 Å². The largest absolute Gasteiger partial charge is 0.497 e. The Kier molecular flexibility index (Phi) is 7.02. The first-order valence-corrected chi connectivity index (χ1v) is 13.0. The van der Waals surface area contributed by atoms with Crippen molar-refractivity contribution < 1.29 is 17.9 Å². The van der Waals surface area contributed by atoms with E-state index in [1.807, 2.05) is 55.5 Å². The number of rotatable bonds is 7. The summed E-state index contributed by atoms with van der Waals surface area (Å²) in [5.41, 5.74) is 3.13. The first-order chi connectivity index (χ1) is 15.9. The third-order valence-corrected chi connectivity index (χ3v) is 8.69. The van der Waals surface area contributed by atoms with Gasteiger partial charge in [0.1, 0.15) is 15.5 Å². The maximum atomic E-state index is 13.3. The van der Waals surface area contributed by atoms with E-state index in [1.54, 1.807) is 12.5 Å². The third-order valence-electron chi connectivity index (χ3n) is 5.70. The molecule has 1 fully saturated rings. The van der Waals surface area contributed by atoms with Crippen LogP contribution in [-0.4, -0.2) is 51.9 Å². The zero-order valence-corrected chi connectivity index (χ0v) is 20.3. The van der Waals surface area contributed by atoms with Gasteiger partial charge >= 0.3 is 0 Å². The van der Waals surface area contributed by atoms with Gasteiger partial charge in [-0.25, -0.2) is 8.42 Å². The van der Waals surface area contributed by atoms with E-state index in [0.717, 1.165) is 33.9 Å². The molecular weight excluding hydrogens is 458 g/mol. The summed E-state index contributed by atoms with van der Waals surface area (Å²) in [6, 6.07) is 17.1. The monoisotopic (exact) mass is 485 g/mol. The number of nitrogens with zero attached hydrogens (tertiary/aromatic N) is 2. The van der Waals surface area contributed by atoms with E-state index in [0.29, 0.717) is 32.7 Å². The van der Waals surface area contributed by atoms with Crippen molar-refractivity contribution in [1.82, 2.24) is 9.62 Å². The molecule has 0 atom stereocenters. The Balaban J connectivity index is 1.41. The van der Waals surface area contributed by atoms with Gasteiger partial charge in [0.15, 0.2) is 0 Å². The Hall–Kier alpha value is -2.88. The smallest absolute Gasteiger partial charge is 0.263 e. The molecule has 1 amide bonds. The summed E-state index contributed by atoms with van der Waals surface area (Å²) < 4.78 is 33.3. The van der Waals surface area contributed by atoms with Crippen LogP contribution in [0.15, 0.2) is 64.9 Å². The van der Waals surface area contributed by atoms with Crippen LogP contribution in [0.2, 0.25) is 0 Å². The Labute approximate surface area is 198 Å². The molecule has 0 bridgehead atoms. The third kappa shape index (κ3) is 5.21. The molecule has 174 valence electrons. The molecule has 1 aromatic heterocycles. The van der Waals surface area contributed by atoms with Crippen LogP contribution in [0.25, 0.3) is 0 Å². The van der Waals surface area contributed by atoms with Gasteiger partial charge in [0.2, 0.25) is 10.0 Å². The average Bonchev–Trinajstić information content (AvgIpc) is 3.35. The van der Waals surface area contributed by atoms with Crippen molar-refractivity contribution in [2.75, 3.05) is 38.2 Å². The standard InChI is InChI=1S/C24H27N3O4S2/c1-18-3-5-19(6-4-18)17-25-24(28)23-22(11-16-32-23)33(29,30)27-14-12-26(13-15-27)20-7-9-21(31-2)10-8-20/h3-11,16H,12-15,17H2,1-2H3,(H,25,28). The van der Waals surface area contributed by atoms with Gasteiger partial charge in [-0.1, -0.05) is 29.8 Å². The van der Waals surface area contributed by atoms with Gasteiger partial charge in [0, 0.05) is 38.4 Å². The lowest BCUT2D eigenvalue weighted by Crippen LogP contribution is -2.48. The first-order valence-electron chi connectivity index (χ1n) is 10.7. The summed E-state index contributed by atoms with van der Waals surface area (Å²) in [6.07, 6.45) is 0. The molecule has 4 rings (SSSR count). The Morgan fingerprint density at radius 2 is 1.67 bits per heavy atom. The number of ether oxygens (including phenoxy) is 1. The van der Waals surface area contributed by atoms with Gasteiger partial charge < -0.3 is 15.0 Å². The lowest BCUT2D eigenvalue weighted by Gasteiger charge is -2.35. The number of amides is 1. The summed E-state index contributed by atoms with van der Waals surface area (Å²) >= 11 is 1.15. The van der Waals surface area contributed by atoms with Gasteiger partial charge in [-0.15, -0.1) is 11.3 Å². The molecular formula is C24H27N3O4S2. The highest BCUT2D eigenvalue weighted by molar-refractivity contribution is 7.89. The number of methoxy groups -OCH3 is 1. The van der Waals surface area contributed by atoms with Crippen LogP contribution < -0.4 is 15.0 Å². The summed E-state index contributed by atoms with van der Waals surface area (Å²) in [6.45, 7) is 4.21. The molecule has 2 heterocycles. The molecule has 1 saturated heterocycles. The normalized spacial score (nSPS) is 14.8. The van der Waals surface area contributed by atoms with Gasteiger partial charge in [0.05, 0.1) is 7.11 Å². The minimum Gasteiger partial charge on any atom is -0.497 e. The van der Waals surface area contributed by atoms with Crippen molar-refractivity contribution in [3.8, 4) is 5.75 Å². The highest BCUT2D eigenvalue weighted by Crippen LogP contribution is 2.27. The summed E-state index contributed by atoms with van der Waals surface area (Å²) in [5, 5.41) is 4.50. The molecule has 3 aromatic rings. The number of nitrogens with one attached hydrogen (secondary N) is 1. The highest BCUT2D eigenvalue weighted by Gasteiger charge is 2.32. The Morgan fingerprint density at radius 1 is 1.00 bits per heavy atom. The molecule has 33 heavy (non-hydrogen) atoms. The van der Waals surface area contributed by atoms with Crippen LogP contribution in [0.5, 0.6) is 5.75 Å². The number of sulfonamides is 1. The topological polar surface area (TPSA) is 79.0 Å². The number of benzene rings is 2. The summed E-state index contributed by atoms with van der Waals surface area (Å²) in [7, 11) is -2.14. The van der Waals surface area contributed by atoms with E-state index in [-0.39, 0.29) is 15.7 Å². The molecule has 9 heteroatoms. The van der Waals surface area contributed by atoms with Crippen LogP contribution in [0.1, 0.15) is 20.8 Å². The van der Waals surface area contributed by atoms with Gasteiger partial charge in [0.25, 0.3) is 5.91 Å². The molecule has 0 aliphatic carbocycles. The molecule has 0 unspecified atom stereocenters. The zero-order chi connectivity index (χ0) is 23.4. The average molecular weight is 486 g/mol. The predicted octanol–water partition coefficient (Wildman–Crippen LogP) is 3.51. The van der Waals surface area contributed by atoms with Crippen molar-refractivity contribution >= 4 is 33.0 Å². The van der Waals surface area contributed by atoms with Crippen LogP contribution >= 0.6 is 11.3 Å². The van der Waals surface area contributed by atoms with Gasteiger partial charge in [-0.05, 0) is 48.2 Å². The number of anilines is 1. The van der Waals surface area contributed by atoms with Gasteiger partial charge in [-0.2, -0.15) is 4.31 Å². The highest BCUT2D eigenvalue weighted by atomic mass is 32.2. The lowest BCUT2D eigenvalue weighted by atomic mass is 10.1. The zero-order valence-electron chi connectivity index (χ0n) is 18.7. The number of aryl methyl sites for hydroxylation is 1. The molecule has 2 aromatic carbocycles. The van der Waals surface area contributed by atoms with Crippen molar-refractivity contribution in [3.05, 3.63) is 76.0 Å². The fourth-order valence-corrected chi connectivity index (χ4v) is 6.49. The molecule has 0 saturated carbocycles. The van der Waals surface area contributed by atoms with Crippen molar-refractivity contribution in [1.29, 1.82) is 0 Å². The number of carbonyl (C=O) groups excluding carboxylic acids is 1. The SMILES string of the molecule is COc1ccc(N2CCN(S(=O)(=O)c3ccsc3C(=O)NCc3ccc(C)cc3)CC2)cc1. The second-order valence-corrected chi connectivity index (χ2v) is 10.7. The fraction of sp³-hybridized carbons (Fsp3) is 0.292. The first kappa shape index (κ1) is 23.3. The Bertz CT molecular complexity index is 1200. The molecule has 1 aliphatic rings. The summed E-state index contributed by atoms with van der Waals surface area (Å²) in [4.78, 5) is 15.2. The van der Waals surface area contributed by atoms with E-state index in [4.69, 9.17) is 4.74 Å². The number of thiophene rings is 1. The molecule has 1 aliphatic heterocycles. The quantitative estimate of drug-likeness (QED) is 0.554. The number of piperazine rings is 1. The van der Waals surface area contributed by atoms with Crippen molar-refractivity contribution in [3.63, 3.8) is 0 Å². The minimum atomic E-state index is -3.76. The fourth-order valence-electron chi connectivity index (χ4n) is 3.75. The second-order valence-electron chi connectivity index (χ2n) is 7.87. The number of hydrogen-bond acceptors (Lipinski definition) is 6. The van der Waals surface area contributed by atoms with Crippen molar-refractivity contribution in [2.45, 2.75) is 18.4 Å². The maximum Gasteiger partial charge on any atom is 0.263 e. The van der Waals surface area contributed by atoms with Crippen LogP contribution in [0, 0.1) is 6.92 Å². The van der Waals surface area contributed by atoms with E-state index in [1.165, 1.54) is 10.4 Å². The van der Waals surface area contributed by atoms with Crippen LogP contribution in [0.4, 0.5) is 5.69 Å². The van der Waals surface area contributed by atoms with Crippen LogP contribution in [0.3, 0.4) is 0 Å². The van der Waals surface area contributed by atoms with Crippen LogP contribution in [-0.2, 0) is 16.6 Å². The molecule has 0 radical (unpaired) electrons. The molecule has 0 spiro atoms. The number of carbonyl (C=O) groups is 1. The predicted molar refractivity (Wildman–Crippen MR) is 131 cm³/mol. The molecule has 1 N–H and O–H groups in total.